The number of carbonyl (C=O) groups excluding carboxylic acids is 1. The largest absolute Gasteiger partial charge is 0.319 e. The summed E-state index contributed by atoms with van der Waals surface area (Å²) in [6.45, 7) is 5.96. The molecule has 0 aliphatic rings. The second-order valence-electron chi connectivity index (χ2n) is 6.04. The normalized spacial score (nSPS) is 10.7. The predicted octanol–water partition coefficient (Wildman–Crippen LogP) is 3.48. The standard InChI is InChI=1S/C19H21N5O/c1-4-5-18-17(22-19(25)15-10-14(3)23-20-11-15)12-21-24(18)16-8-6-13(2)7-9-16/h6-12H,4-5H2,1-3H3,(H,22,25). The number of nitrogens with one attached hydrogen (secondary N) is 1. The molecule has 1 N–H and O–H groups in total. The van der Waals surface area contributed by atoms with Crippen LogP contribution in [0.5, 0.6) is 0 Å². The average molecular weight is 335 g/mol. The molecule has 128 valence electrons. The molecule has 25 heavy (non-hydrogen) atoms. The van der Waals surface area contributed by atoms with Crippen LogP contribution in [0.1, 0.15) is 40.7 Å². The Labute approximate surface area is 146 Å². The lowest BCUT2D eigenvalue weighted by molar-refractivity contribution is 0.102. The van der Waals surface area contributed by atoms with Gasteiger partial charge in [0.25, 0.3) is 5.91 Å². The van der Waals surface area contributed by atoms with Crippen LogP contribution in [-0.4, -0.2) is 25.9 Å². The fourth-order valence-electron chi connectivity index (χ4n) is 2.66. The van der Waals surface area contributed by atoms with E-state index in [1.807, 2.05) is 23.7 Å². The molecule has 6 nitrogen and oxygen atoms in total. The van der Waals surface area contributed by atoms with Gasteiger partial charge in [-0.2, -0.15) is 15.3 Å². The number of rotatable bonds is 5. The lowest BCUT2D eigenvalue weighted by Crippen LogP contribution is -2.14. The molecule has 0 spiro atoms. The number of amides is 1. The summed E-state index contributed by atoms with van der Waals surface area (Å²) in [4.78, 5) is 12.5. The van der Waals surface area contributed by atoms with Gasteiger partial charge in [0.2, 0.25) is 0 Å². The van der Waals surface area contributed by atoms with E-state index in [1.54, 1.807) is 12.3 Å². The number of hydrogen-bond donors (Lipinski definition) is 1. The van der Waals surface area contributed by atoms with Gasteiger partial charge in [0.15, 0.2) is 0 Å². The Morgan fingerprint density at radius 1 is 1.16 bits per heavy atom. The van der Waals surface area contributed by atoms with Gasteiger partial charge in [-0.3, -0.25) is 4.79 Å². The maximum absolute atomic E-state index is 12.5. The number of benzene rings is 1. The van der Waals surface area contributed by atoms with Crippen molar-refractivity contribution in [2.45, 2.75) is 33.6 Å². The monoisotopic (exact) mass is 335 g/mol. The quantitative estimate of drug-likeness (QED) is 0.775. The minimum Gasteiger partial charge on any atom is -0.319 e. The highest BCUT2D eigenvalue weighted by atomic mass is 16.1. The molecule has 3 rings (SSSR count). The van der Waals surface area contributed by atoms with E-state index in [1.165, 1.54) is 11.8 Å². The zero-order valence-corrected chi connectivity index (χ0v) is 14.7. The molecule has 0 aliphatic carbocycles. The number of anilines is 1. The van der Waals surface area contributed by atoms with Crippen molar-refractivity contribution in [1.29, 1.82) is 0 Å². The highest BCUT2D eigenvalue weighted by Crippen LogP contribution is 2.22. The highest BCUT2D eigenvalue weighted by molar-refractivity contribution is 6.04. The van der Waals surface area contributed by atoms with Crippen LogP contribution in [-0.2, 0) is 6.42 Å². The van der Waals surface area contributed by atoms with Crippen molar-refractivity contribution in [2.24, 2.45) is 0 Å². The molecule has 0 saturated heterocycles. The van der Waals surface area contributed by atoms with Gasteiger partial charge in [-0.05, 0) is 38.5 Å². The second-order valence-corrected chi connectivity index (χ2v) is 6.04. The summed E-state index contributed by atoms with van der Waals surface area (Å²) in [5, 5.41) is 15.1. The summed E-state index contributed by atoms with van der Waals surface area (Å²) in [5.41, 5.74) is 5.08. The van der Waals surface area contributed by atoms with E-state index < -0.39 is 0 Å². The molecular weight excluding hydrogens is 314 g/mol. The molecule has 0 atom stereocenters. The van der Waals surface area contributed by atoms with Gasteiger partial charge in [0, 0.05) is 0 Å². The van der Waals surface area contributed by atoms with E-state index in [2.05, 4.69) is 46.6 Å². The lowest BCUT2D eigenvalue weighted by Gasteiger charge is -2.10. The molecule has 0 radical (unpaired) electrons. The predicted molar refractivity (Wildman–Crippen MR) is 97.0 cm³/mol. The number of hydrogen-bond acceptors (Lipinski definition) is 4. The Hall–Kier alpha value is -3.02. The van der Waals surface area contributed by atoms with Crippen LogP contribution >= 0.6 is 0 Å². The van der Waals surface area contributed by atoms with Crippen LogP contribution in [0.25, 0.3) is 5.69 Å². The smallest absolute Gasteiger partial charge is 0.257 e. The van der Waals surface area contributed by atoms with Gasteiger partial charge in [-0.15, -0.1) is 0 Å². The number of nitrogens with zero attached hydrogens (tertiary/aromatic N) is 4. The van der Waals surface area contributed by atoms with Gasteiger partial charge < -0.3 is 5.32 Å². The van der Waals surface area contributed by atoms with Crippen LogP contribution in [0.4, 0.5) is 5.69 Å². The molecule has 1 amide bonds. The van der Waals surface area contributed by atoms with Crippen molar-refractivity contribution < 1.29 is 4.79 Å². The Kier molecular flexibility index (Phi) is 4.88. The average Bonchev–Trinajstić information content (AvgIpc) is 2.98. The maximum atomic E-state index is 12.5. The summed E-state index contributed by atoms with van der Waals surface area (Å²) in [7, 11) is 0. The first-order chi connectivity index (χ1) is 12.1. The molecule has 0 fully saturated rings. The molecule has 3 aromatic rings. The Morgan fingerprint density at radius 2 is 1.92 bits per heavy atom. The first kappa shape index (κ1) is 16.8. The minimum absolute atomic E-state index is 0.209. The van der Waals surface area contributed by atoms with Crippen molar-refractivity contribution in [3.8, 4) is 5.69 Å². The summed E-state index contributed by atoms with van der Waals surface area (Å²) >= 11 is 0. The number of aryl methyl sites for hydroxylation is 2. The van der Waals surface area contributed by atoms with Crippen LogP contribution in [0.3, 0.4) is 0 Å². The highest BCUT2D eigenvalue weighted by Gasteiger charge is 2.15. The van der Waals surface area contributed by atoms with Crippen molar-refractivity contribution >= 4 is 11.6 Å². The van der Waals surface area contributed by atoms with E-state index in [-0.39, 0.29) is 5.91 Å². The molecule has 0 aliphatic heterocycles. The third-order valence-corrected chi connectivity index (χ3v) is 3.92. The second kappa shape index (κ2) is 7.25. The molecule has 2 heterocycles. The first-order valence-corrected chi connectivity index (χ1v) is 8.33. The fraction of sp³-hybridized carbons (Fsp3) is 0.263. The molecule has 1 aromatic carbocycles. The van der Waals surface area contributed by atoms with E-state index in [4.69, 9.17) is 0 Å². The molecular formula is C19H21N5O. The lowest BCUT2D eigenvalue weighted by atomic mass is 10.2. The first-order valence-electron chi connectivity index (χ1n) is 8.33. The van der Waals surface area contributed by atoms with Crippen LogP contribution < -0.4 is 5.32 Å². The number of carbonyl (C=O) groups is 1. The molecule has 0 unspecified atom stereocenters. The van der Waals surface area contributed by atoms with Gasteiger partial charge in [0.1, 0.15) is 0 Å². The van der Waals surface area contributed by atoms with E-state index >= 15 is 0 Å². The molecule has 6 heteroatoms. The minimum atomic E-state index is -0.209. The molecule has 2 aromatic heterocycles. The Bertz CT molecular complexity index is 883. The van der Waals surface area contributed by atoms with Crippen LogP contribution in [0.2, 0.25) is 0 Å². The van der Waals surface area contributed by atoms with Crippen molar-refractivity contribution in [3.63, 3.8) is 0 Å². The Balaban J connectivity index is 1.91. The number of aromatic nitrogens is 4. The third kappa shape index (κ3) is 3.74. The third-order valence-electron chi connectivity index (χ3n) is 3.92. The summed E-state index contributed by atoms with van der Waals surface area (Å²) in [6.07, 6.45) is 4.93. The zero-order chi connectivity index (χ0) is 17.8. The SMILES string of the molecule is CCCc1c(NC(=O)c2cnnc(C)c2)cnn1-c1ccc(C)cc1. The molecule has 0 bridgehead atoms. The topological polar surface area (TPSA) is 72.7 Å². The maximum Gasteiger partial charge on any atom is 0.257 e. The summed E-state index contributed by atoms with van der Waals surface area (Å²) in [6, 6.07) is 9.88. The van der Waals surface area contributed by atoms with Gasteiger partial charge in [-0.1, -0.05) is 31.0 Å². The van der Waals surface area contributed by atoms with Crippen molar-refractivity contribution in [3.05, 3.63) is 65.2 Å². The summed E-state index contributed by atoms with van der Waals surface area (Å²) in [5.74, 6) is -0.209. The Morgan fingerprint density at radius 3 is 2.60 bits per heavy atom. The van der Waals surface area contributed by atoms with Gasteiger partial charge >= 0.3 is 0 Å². The van der Waals surface area contributed by atoms with E-state index in [9.17, 15) is 4.79 Å². The summed E-state index contributed by atoms with van der Waals surface area (Å²) < 4.78 is 1.88. The van der Waals surface area contributed by atoms with Crippen molar-refractivity contribution in [2.75, 3.05) is 5.32 Å². The van der Waals surface area contributed by atoms with Crippen LogP contribution in [0, 0.1) is 13.8 Å². The van der Waals surface area contributed by atoms with Crippen molar-refractivity contribution in [1.82, 2.24) is 20.0 Å². The fourth-order valence-corrected chi connectivity index (χ4v) is 2.66. The van der Waals surface area contributed by atoms with Crippen LogP contribution in [0.15, 0.2) is 42.7 Å². The van der Waals surface area contributed by atoms with E-state index in [0.717, 1.165) is 29.9 Å². The van der Waals surface area contributed by atoms with E-state index in [0.29, 0.717) is 11.3 Å². The van der Waals surface area contributed by atoms with Gasteiger partial charge in [0.05, 0.1) is 40.7 Å². The molecule has 0 saturated carbocycles. The van der Waals surface area contributed by atoms with Gasteiger partial charge in [-0.25, -0.2) is 4.68 Å². The zero-order valence-electron chi connectivity index (χ0n) is 14.7.